The Kier molecular flexibility index (Phi) is 6.67. The molecule has 2 rings (SSSR count). The van der Waals surface area contributed by atoms with Gasteiger partial charge in [-0.05, 0) is 37.0 Å². The van der Waals surface area contributed by atoms with Gasteiger partial charge >= 0.3 is 5.97 Å². The van der Waals surface area contributed by atoms with E-state index in [9.17, 15) is 21.6 Å². The predicted molar refractivity (Wildman–Crippen MR) is 97.1 cm³/mol. The lowest BCUT2D eigenvalue weighted by molar-refractivity contribution is 0.0600. The molecule has 1 aliphatic heterocycles. The summed E-state index contributed by atoms with van der Waals surface area (Å²) in [6.45, 7) is 0.701. The Balaban J connectivity index is 2.20. The Morgan fingerprint density at radius 3 is 2.62 bits per heavy atom. The molecular weight excluding hydrogens is 404 g/mol. The van der Waals surface area contributed by atoms with E-state index < -0.39 is 26.0 Å². The molecule has 1 N–H and O–H groups in total. The van der Waals surface area contributed by atoms with Crippen LogP contribution in [0.1, 0.15) is 23.2 Å². The number of sulfonamides is 2. The zero-order chi connectivity index (χ0) is 19.5. The smallest absolute Gasteiger partial charge is 0.337 e. The van der Waals surface area contributed by atoms with Crippen molar-refractivity contribution in [3.8, 4) is 0 Å². The fourth-order valence-corrected chi connectivity index (χ4v) is 5.39. The van der Waals surface area contributed by atoms with Gasteiger partial charge in [-0.2, -0.15) is 4.31 Å². The Morgan fingerprint density at radius 2 is 2.04 bits per heavy atom. The van der Waals surface area contributed by atoms with Crippen LogP contribution in [0.3, 0.4) is 0 Å². The van der Waals surface area contributed by atoms with E-state index in [1.165, 1.54) is 29.6 Å². The van der Waals surface area contributed by atoms with E-state index in [1.54, 1.807) is 0 Å². The number of benzene rings is 1. The summed E-state index contributed by atoms with van der Waals surface area (Å²) in [6, 6.07) is 3.88. The second-order valence-corrected chi connectivity index (χ2v) is 10.3. The summed E-state index contributed by atoms with van der Waals surface area (Å²) in [5, 5.41) is -0.0655. The van der Waals surface area contributed by atoms with E-state index in [-0.39, 0.29) is 34.5 Å². The van der Waals surface area contributed by atoms with E-state index in [1.807, 2.05) is 0 Å². The minimum absolute atomic E-state index is 0.0655. The number of carbonyl (C=O) groups is 1. The lowest BCUT2D eigenvalue weighted by Crippen LogP contribution is -2.43. The number of methoxy groups -OCH3 is 1. The second kappa shape index (κ2) is 8.22. The summed E-state index contributed by atoms with van der Waals surface area (Å²) < 4.78 is 56.5. The Hall–Kier alpha value is -1.20. The molecule has 1 aliphatic rings. The zero-order valence-electron chi connectivity index (χ0n) is 14.4. The van der Waals surface area contributed by atoms with Crippen LogP contribution in [-0.4, -0.2) is 60.1 Å². The van der Waals surface area contributed by atoms with E-state index in [2.05, 4.69) is 9.46 Å². The molecule has 11 heteroatoms. The van der Waals surface area contributed by atoms with Crippen LogP contribution in [0.25, 0.3) is 0 Å². The molecule has 1 fully saturated rings. The maximum Gasteiger partial charge on any atom is 0.337 e. The van der Waals surface area contributed by atoms with Crippen molar-refractivity contribution in [2.24, 2.45) is 5.92 Å². The highest BCUT2D eigenvalue weighted by molar-refractivity contribution is 7.89. The molecular formula is C15H21ClN2O6S2. The fourth-order valence-electron chi connectivity index (χ4n) is 2.77. The van der Waals surface area contributed by atoms with Crippen molar-refractivity contribution < 1.29 is 26.4 Å². The lowest BCUT2D eigenvalue weighted by atomic mass is 10.0. The molecule has 0 bridgehead atoms. The van der Waals surface area contributed by atoms with Gasteiger partial charge in [0.15, 0.2) is 0 Å². The molecule has 1 unspecified atom stereocenters. The van der Waals surface area contributed by atoms with Crippen LogP contribution < -0.4 is 4.72 Å². The van der Waals surface area contributed by atoms with Gasteiger partial charge in [0.05, 0.1) is 24.0 Å². The molecule has 0 aromatic heterocycles. The van der Waals surface area contributed by atoms with Gasteiger partial charge in [-0.25, -0.2) is 26.4 Å². The van der Waals surface area contributed by atoms with Crippen LogP contribution in [0.4, 0.5) is 0 Å². The standard InChI is InChI=1S/C15H21ClN2O6S2/c1-24-15(19)12-5-6-14(13(16)8-12)26(22,23)18-7-3-4-11(10-18)9-17-25(2,20)21/h5-6,8,11,17H,3-4,7,9-10H2,1-2H3. The summed E-state index contributed by atoms with van der Waals surface area (Å²) >= 11 is 6.09. The number of nitrogens with one attached hydrogen (secondary N) is 1. The first-order valence-corrected chi connectivity index (χ1v) is 11.6. The summed E-state index contributed by atoms with van der Waals surface area (Å²) in [7, 11) is -5.97. The number of ether oxygens (including phenoxy) is 1. The molecule has 0 saturated carbocycles. The topological polar surface area (TPSA) is 110 Å². The Morgan fingerprint density at radius 1 is 1.35 bits per heavy atom. The van der Waals surface area contributed by atoms with Gasteiger partial charge < -0.3 is 4.74 Å². The number of rotatable bonds is 6. The first-order valence-electron chi connectivity index (χ1n) is 7.87. The van der Waals surface area contributed by atoms with Crippen LogP contribution in [0, 0.1) is 5.92 Å². The summed E-state index contributed by atoms with van der Waals surface area (Å²) in [5.74, 6) is -0.734. The maximum absolute atomic E-state index is 12.9. The van der Waals surface area contributed by atoms with Crippen LogP contribution in [0.5, 0.6) is 0 Å². The highest BCUT2D eigenvalue weighted by atomic mass is 35.5. The number of hydrogen-bond acceptors (Lipinski definition) is 6. The van der Waals surface area contributed by atoms with Gasteiger partial charge in [0.1, 0.15) is 4.90 Å². The normalized spacial score (nSPS) is 19.3. The third-order valence-corrected chi connectivity index (χ3v) is 7.13. The molecule has 1 heterocycles. The van der Waals surface area contributed by atoms with Crippen molar-refractivity contribution in [1.82, 2.24) is 9.03 Å². The van der Waals surface area contributed by atoms with Crippen LogP contribution in [-0.2, 0) is 24.8 Å². The number of esters is 1. The van der Waals surface area contributed by atoms with Crippen LogP contribution in [0.15, 0.2) is 23.1 Å². The summed E-state index contributed by atoms with van der Waals surface area (Å²) in [4.78, 5) is 11.4. The van der Waals surface area contributed by atoms with Gasteiger partial charge in [0.2, 0.25) is 20.0 Å². The van der Waals surface area contributed by atoms with Crippen molar-refractivity contribution in [1.29, 1.82) is 0 Å². The largest absolute Gasteiger partial charge is 0.465 e. The molecule has 0 amide bonds. The van der Waals surface area contributed by atoms with Gasteiger partial charge in [-0.3, -0.25) is 0 Å². The third kappa shape index (κ3) is 5.17. The molecule has 8 nitrogen and oxygen atoms in total. The molecule has 0 spiro atoms. The maximum atomic E-state index is 12.9. The summed E-state index contributed by atoms with van der Waals surface area (Å²) in [6.07, 6.45) is 2.41. The molecule has 0 aliphatic carbocycles. The predicted octanol–water partition coefficient (Wildman–Crippen LogP) is 1.08. The van der Waals surface area contributed by atoms with Crippen molar-refractivity contribution in [3.63, 3.8) is 0 Å². The zero-order valence-corrected chi connectivity index (χ0v) is 16.8. The SMILES string of the molecule is COC(=O)c1ccc(S(=O)(=O)N2CCCC(CNS(C)(=O)=O)C2)c(Cl)c1. The van der Waals surface area contributed by atoms with Gasteiger partial charge in [0.25, 0.3) is 0 Å². The minimum Gasteiger partial charge on any atom is -0.465 e. The van der Waals surface area contributed by atoms with Crippen molar-refractivity contribution >= 4 is 37.6 Å². The third-order valence-electron chi connectivity index (χ3n) is 4.09. The number of piperidine rings is 1. The van der Waals surface area contributed by atoms with Crippen LogP contribution in [0.2, 0.25) is 5.02 Å². The monoisotopic (exact) mass is 424 g/mol. The van der Waals surface area contributed by atoms with E-state index in [4.69, 9.17) is 11.6 Å². The molecule has 146 valence electrons. The Bertz CT molecular complexity index is 885. The number of halogens is 1. The lowest BCUT2D eigenvalue weighted by Gasteiger charge is -2.32. The van der Waals surface area contributed by atoms with E-state index in [0.717, 1.165) is 12.7 Å². The van der Waals surface area contributed by atoms with Crippen molar-refractivity contribution in [3.05, 3.63) is 28.8 Å². The molecule has 26 heavy (non-hydrogen) atoms. The molecule has 1 aromatic rings. The molecule has 0 radical (unpaired) electrons. The number of hydrogen-bond donors (Lipinski definition) is 1. The van der Waals surface area contributed by atoms with Gasteiger partial charge in [0, 0.05) is 19.6 Å². The molecule has 1 saturated heterocycles. The van der Waals surface area contributed by atoms with Crippen molar-refractivity contribution in [2.45, 2.75) is 17.7 Å². The first-order chi connectivity index (χ1) is 12.0. The van der Waals surface area contributed by atoms with E-state index in [0.29, 0.717) is 13.0 Å². The molecule has 1 atom stereocenters. The minimum atomic E-state index is -3.86. The summed E-state index contributed by atoms with van der Waals surface area (Å²) in [5.41, 5.74) is 0.158. The molecule has 1 aromatic carbocycles. The quantitative estimate of drug-likeness (QED) is 0.684. The van der Waals surface area contributed by atoms with Gasteiger partial charge in [-0.1, -0.05) is 11.6 Å². The second-order valence-electron chi connectivity index (χ2n) is 6.13. The number of carbonyl (C=O) groups excluding carboxylic acids is 1. The van der Waals surface area contributed by atoms with Crippen molar-refractivity contribution in [2.75, 3.05) is 33.0 Å². The van der Waals surface area contributed by atoms with Gasteiger partial charge in [-0.15, -0.1) is 0 Å². The average Bonchev–Trinajstić information content (AvgIpc) is 2.58. The van der Waals surface area contributed by atoms with E-state index >= 15 is 0 Å². The highest BCUT2D eigenvalue weighted by Crippen LogP contribution is 2.29. The fraction of sp³-hybridized carbons (Fsp3) is 0.533. The highest BCUT2D eigenvalue weighted by Gasteiger charge is 2.32. The van der Waals surface area contributed by atoms with Crippen LogP contribution >= 0.6 is 11.6 Å². The average molecular weight is 425 g/mol. The first kappa shape index (κ1) is 21.1. The number of nitrogens with zero attached hydrogens (tertiary/aromatic N) is 1. The Labute approximate surface area is 158 Å².